The van der Waals surface area contributed by atoms with Gasteiger partial charge in [-0.2, -0.15) is 13.2 Å². The number of carbonyl (C=O) groups excluding carboxylic acids is 1. The summed E-state index contributed by atoms with van der Waals surface area (Å²) in [6, 6.07) is 22.3. The van der Waals surface area contributed by atoms with Crippen molar-refractivity contribution in [1.82, 2.24) is 10.3 Å². The van der Waals surface area contributed by atoms with Crippen molar-refractivity contribution in [1.29, 1.82) is 0 Å². The molecule has 158 valence electrons. The summed E-state index contributed by atoms with van der Waals surface area (Å²) >= 11 is 0. The van der Waals surface area contributed by atoms with Gasteiger partial charge in [0.2, 0.25) is 5.91 Å². The van der Waals surface area contributed by atoms with Crippen LogP contribution in [0.3, 0.4) is 0 Å². The summed E-state index contributed by atoms with van der Waals surface area (Å²) in [7, 11) is 0. The first-order chi connectivity index (χ1) is 14.9. The summed E-state index contributed by atoms with van der Waals surface area (Å²) in [6.45, 7) is 0.364. The summed E-state index contributed by atoms with van der Waals surface area (Å²) in [5.41, 5.74) is 2.36. The van der Waals surface area contributed by atoms with Crippen molar-refractivity contribution in [2.24, 2.45) is 0 Å². The Hall–Kier alpha value is -3.54. The summed E-state index contributed by atoms with van der Waals surface area (Å²) in [6.07, 6.45) is -2.63. The molecular formula is C25H21F3N2O. The maximum Gasteiger partial charge on any atom is 0.416 e. The Morgan fingerprint density at radius 3 is 2.45 bits per heavy atom. The van der Waals surface area contributed by atoms with Gasteiger partial charge in [-0.3, -0.25) is 4.79 Å². The highest BCUT2D eigenvalue weighted by atomic mass is 19.4. The van der Waals surface area contributed by atoms with Crippen LogP contribution in [0.5, 0.6) is 0 Å². The fraction of sp³-hybridized carbons (Fsp3) is 0.160. The normalized spacial score (nSPS) is 12.6. The zero-order chi connectivity index (χ0) is 21.8. The van der Waals surface area contributed by atoms with Crippen LogP contribution in [0.2, 0.25) is 0 Å². The minimum Gasteiger partial charge on any atom is -0.361 e. The Morgan fingerprint density at radius 2 is 1.68 bits per heavy atom. The molecule has 31 heavy (non-hydrogen) atoms. The average molecular weight is 422 g/mol. The van der Waals surface area contributed by atoms with Crippen molar-refractivity contribution < 1.29 is 18.0 Å². The second kappa shape index (κ2) is 8.68. The van der Waals surface area contributed by atoms with E-state index in [9.17, 15) is 18.0 Å². The quantitative estimate of drug-likeness (QED) is 0.392. The number of hydrogen-bond acceptors (Lipinski definition) is 1. The van der Waals surface area contributed by atoms with Gasteiger partial charge in [-0.05, 0) is 28.8 Å². The highest BCUT2D eigenvalue weighted by molar-refractivity contribution is 5.86. The number of carbonyl (C=O) groups is 1. The van der Waals surface area contributed by atoms with Crippen LogP contribution < -0.4 is 5.32 Å². The molecule has 0 aliphatic rings. The van der Waals surface area contributed by atoms with Crippen LogP contribution in [0.15, 0.2) is 85.1 Å². The summed E-state index contributed by atoms with van der Waals surface area (Å²) in [4.78, 5) is 15.9. The third-order valence-corrected chi connectivity index (χ3v) is 5.34. The Morgan fingerprint density at radius 1 is 0.935 bits per heavy atom. The molecule has 4 aromatic rings. The molecule has 0 aliphatic carbocycles. The molecule has 2 N–H and O–H groups in total. The third-order valence-electron chi connectivity index (χ3n) is 5.34. The molecule has 0 saturated carbocycles. The van der Waals surface area contributed by atoms with Crippen LogP contribution in [0.25, 0.3) is 10.9 Å². The second-order valence-corrected chi connectivity index (χ2v) is 7.43. The topological polar surface area (TPSA) is 44.9 Å². The maximum absolute atomic E-state index is 13.3. The van der Waals surface area contributed by atoms with Crippen molar-refractivity contribution in [3.05, 3.63) is 107 Å². The Balaban J connectivity index is 1.65. The SMILES string of the molecule is O=C(C[C@H](c1cccc(C(F)(F)F)c1)c1c[nH]c2ccccc12)NCc1ccccc1. The van der Waals surface area contributed by atoms with Gasteiger partial charge in [0.1, 0.15) is 0 Å². The van der Waals surface area contributed by atoms with Crippen molar-refractivity contribution in [3.8, 4) is 0 Å². The largest absolute Gasteiger partial charge is 0.416 e. The standard InChI is InChI=1S/C25H21F3N2O/c26-25(27,28)19-10-6-9-18(13-19)21(22-16-29-23-12-5-4-11-20(22)23)14-24(31)30-15-17-7-2-1-3-8-17/h1-13,16,21,29H,14-15H2,(H,30,31)/t21-/m1/s1. The number of halogens is 3. The first kappa shape index (κ1) is 20.7. The Bertz CT molecular complexity index is 1180. The molecule has 1 amide bonds. The number of hydrogen-bond donors (Lipinski definition) is 2. The fourth-order valence-electron chi connectivity index (χ4n) is 3.78. The van der Waals surface area contributed by atoms with Gasteiger partial charge in [0, 0.05) is 36.0 Å². The minimum atomic E-state index is -4.45. The van der Waals surface area contributed by atoms with Gasteiger partial charge < -0.3 is 10.3 Å². The zero-order valence-corrected chi connectivity index (χ0v) is 16.6. The summed E-state index contributed by atoms with van der Waals surface area (Å²) < 4.78 is 39.9. The molecule has 0 unspecified atom stereocenters. The molecule has 0 fully saturated rings. The van der Waals surface area contributed by atoms with E-state index in [0.29, 0.717) is 12.1 Å². The molecule has 1 heterocycles. The number of fused-ring (bicyclic) bond motifs is 1. The number of H-pyrrole nitrogens is 1. The van der Waals surface area contributed by atoms with Gasteiger partial charge in [0.05, 0.1) is 5.56 Å². The van der Waals surface area contributed by atoms with Crippen LogP contribution >= 0.6 is 0 Å². The third kappa shape index (κ3) is 4.79. The number of alkyl halides is 3. The number of amides is 1. The fourth-order valence-corrected chi connectivity index (χ4v) is 3.78. The lowest BCUT2D eigenvalue weighted by Gasteiger charge is -2.19. The van der Waals surface area contributed by atoms with E-state index in [1.165, 1.54) is 6.07 Å². The molecule has 4 rings (SSSR count). The zero-order valence-electron chi connectivity index (χ0n) is 16.6. The maximum atomic E-state index is 13.3. The lowest BCUT2D eigenvalue weighted by Crippen LogP contribution is -2.25. The van der Waals surface area contributed by atoms with Gasteiger partial charge in [-0.1, -0.05) is 66.7 Å². The first-order valence-electron chi connectivity index (χ1n) is 9.95. The summed E-state index contributed by atoms with van der Waals surface area (Å²) in [5.74, 6) is -0.745. The van der Waals surface area contributed by atoms with Crippen LogP contribution in [0.1, 0.15) is 34.6 Å². The smallest absolute Gasteiger partial charge is 0.361 e. The molecule has 1 atom stereocenters. The number of para-hydroxylation sites is 1. The van der Waals surface area contributed by atoms with E-state index in [4.69, 9.17) is 0 Å². The van der Waals surface area contributed by atoms with E-state index >= 15 is 0 Å². The molecule has 0 saturated heterocycles. The number of aromatic nitrogens is 1. The van der Waals surface area contributed by atoms with Crippen LogP contribution in [-0.4, -0.2) is 10.9 Å². The molecule has 0 aliphatic heterocycles. The van der Waals surface area contributed by atoms with E-state index in [1.807, 2.05) is 54.6 Å². The van der Waals surface area contributed by atoms with Crippen molar-refractivity contribution in [2.45, 2.75) is 25.1 Å². The monoisotopic (exact) mass is 422 g/mol. The van der Waals surface area contributed by atoms with Crippen LogP contribution in [0, 0.1) is 0 Å². The lowest BCUT2D eigenvalue weighted by molar-refractivity contribution is -0.137. The lowest BCUT2D eigenvalue weighted by atomic mass is 9.87. The van der Waals surface area contributed by atoms with Crippen LogP contribution in [0.4, 0.5) is 13.2 Å². The van der Waals surface area contributed by atoms with Crippen molar-refractivity contribution in [3.63, 3.8) is 0 Å². The molecule has 0 bridgehead atoms. The number of benzene rings is 3. The molecule has 0 radical (unpaired) electrons. The van der Waals surface area contributed by atoms with Gasteiger partial charge in [0.15, 0.2) is 0 Å². The Kier molecular flexibility index (Phi) is 5.80. The number of aromatic amines is 1. The number of nitrogens with one attached hydrogen (secondary N) is 2. The highest BCUT2D eigenvalue weighted by Gasteiger charge is 2.31. The van der Waals surface area contributed by atoms with E-state index in [2.05, 4.69) is 10.3 Å². The van der Waals surface area contributed by atoms with E-state index < -0.39 is 17.7 Å². The molecular weight excluding hydrogens is 401 g/mol. The van der Waals surface area contributed by atoms with Crippen LogP contribution in [-0.2, 0) is 17.5 Å². The van der Waals surface area contributed by atoms with Gasteiger partial charge >= 0.3 is 6.18 Å². The van der Waals surface area contributed by atoms with Crippen molar-refractivity contribution >= 4 is 16.8 Å². The minimum absolute atomic E-state index is 0.0377. The summed E-state index contributed by atoms with van der Waals surface area (Å²) in [5, 5.41) is 3.77. The highest BCUT2D eigenvalue weighted by Crippen LogP contribution is 2.36. The van der Waals surface area contributed by atoms with Gasteiger partial charge in [-0.25, -0.2) is 0 Å². The average Bonchev–Trinajstić information content (AvgIpc) is 3.20. The number of rotatable bonds is 6. The van der Waals surface area contributed by atoms with E-state index in [-0.39, 0.29) is 12.3 Å². The Labute approximate surface area is 177 Å². The molecule has 0 spiro atoms. The predicted octanol–water partition coefficient (Wildman–Crippen LogP) is 6.03. The van der Waals surface area contributed by atoms with Crippen molar-refractivity contribution in [2.75, 3.05) is 0 Å². The predicted molar refractivity (Wildman–Crippen MR) is 114 cm³/mol. The molecule has 3 nitrogen and oxygen atoms in total. The second-order valence-electron chi connectivity index (χ2n) is 7.43. The van der Waals surface area contributed by atoms with Gasteiger partial charge in [-0.15, -0.1) is 0 Å². The molecule has 3 aromatic carbocycles. The first-order valence-corrected chi connectivity index (χ1v) is 9.95. The molecule has 1 aromatic heterocycles. The van der Waals surface area contributed by atoms with Gasteiger partial charge in [0.25, 0.3) is 0 Å². The van der Waals surface area contributed by atoms with E-state index in [1.54, 1.807) is 12.3 Å². The van der Waals surface area contributed by atoms with E-state index in [0.717, 1.165) is 34.2 Å². The molecule has 6 heteroatoms.